The summed E-state index contributed by atoms with van der Waals surface area (Å²) in [5, 5.41) is 22.0. The van der Waals surface area contributed by atoms with Crippen LogP contribution in [0.25, 0.3) is 0 Å². The Hall–Kier alpha value is -2.55. The van der Waals surface area contributed by atoms with Crippen LogP contribution in [0.3, 0.4) is 0 Å². The van der Waals surface area contributed by atoms with E-state index in [1.807, 2.05) is 0 Å². The first-order valence-corrected chi connectivity index (χ1v) is 6.87. The molecule has 9 heteroatoms. The molecule has 1 aromatic heterocycles. The summed E-state index contributed by atoms with van der Waals surface area (Å²) >= 11 is 0. The van der Waals surface area contributed by atoms with Gasteiger partial charge in [0.15, 0.2) is 5.03 Å². The molecular weight excluding hydrogens is 286 g/mol. The number of hydrogen-bond donors (Lipinski definition) is 3. The van der Waals surface area contributed by atoms with Gasteiger partial charge < -0.3 is 10.2 Å². The zero-order valence-electron chi connectivity index (χ0n) is 10.3. The van der Waals surface area contributed by atoms with Crippen LogP contribution in [0.15, 0.2) is 35.5 Å². The molecule has 2 aromatic rings. The van der Waals surface area contributed by atoms with Crippen LogP contribution in [0.5, 0.6) is 5.75 Å². The number of aromatic nitrogens is 2. The molecule has 0 aliphatic rings. The van der Waals surface area contributed by atoms with Gasteiger partial charge in [0.1, 0.15) is 11.3 Å². The number of phenols is 1. The standard InChI is InChI=1S/C11H11N3O5S/c1-14-10(4-5-12-14)20(18,19)13-7-2-3-8(11(16)17)9(15)6-7/h2-6,13,15H,1H3,(H,16,17). The van der Waals surface area contributed by atoms with Crippen molar-refractivity contribution in [1.82, 2.24) is 9.78 Å². The average Bonchev–Trinajstić information content (AvgIpc) is 2.75. The highest BCUT2D eigenvalue weighted by Gasteiger charge is 2.19. The molecule has 0 aliphatic carbocycles. The number of rotatable bonds is 4. The summed E-state index contributed by atoms with van der Waals surface area (Å²) in [6.07, 6.45) is 1.33. The second kappa shape index (κ2) is 4.85. The third kappa shape index (κ3) is 2.57. The van der Waals surface area contributed by atoms with Crippen LogP contribution in [-0.2, 0) is 17.1 Å². The molecule has 1 aromatic carbocycles. The number of carbonyl (C=O) groups is 1. The molecule has 0 saturated carbocycles. The topological polar surface area (TPSA) is 122 Å². The smallest absolute Gasteiger partial charge is 0.339 e. The zero-order valence-corrected chi connectivity index (χ0v) is 11.1. The van der Waals surface area contributed by atoms with Gasteiger partial charge in [-0.15, -0.1) is 0 Å². The molecule has 0 bridgehead atoms. The predicted molar refractivity (Wildman–Crippen MR) is 69.1 cm³/mol. The van der Waals surface area contributed by atoms with Crippen LogP contribution in [0.1, 0.15) is 10.4 Å². The molecule has 3 N–H and O–H groups in total. The van der Waals surface area contributed by atoms with Crippen molar-refractivity contribution in [2.45, 2.75) is 5.03 Å². The summed E-state index contributed by atoms with van der Waals surface area (Å²) in [5.74, 6) is -1.83. The number of aryl methyl sites for hydroxylation is 1. The Morgan fingerprint density at radius 1 is 1.35 bits per heavy atom. The molecule has 0 aliphatic heterocycles. The summed E-state index contributed by atoms with van der Waals surface area (Å²) in [6.45, 7) is 0. The Kier molecular flexibility index (Phi) is 3.36. The van der Waals surface area contributed by atoms with E-state index in [9.17, 15) is 18.3 Å². The molecule has 0 fully saturated rings. The van der Waals surface area contributed by atoms with Crippen molar-refractivity contribution in [3.63, 3.8) is 0 Å². The first-order chi connectivity index (χ1) is 9.31. The van der Waals surface area contributed by atoms with Gasteiger partial charge in [-0.2, -0.15) is 13.5 Å². The summed E-state index contributed by atoms with van der Waals surface area (Å²) in [6, 6.07) is 4.70. The second-order valence-corrected chi connectivity index (χ2v) is 5.56. The molecule has 1 heterocycles. The molecule has 8 nitrogen and oxygen atoms in total. The first kappa shape index (κ1) is 13.9. The van der Waals surface area contributed by atoms with E-state index >= 15 is 0 Å². The van der Waals surface area contributed by atoms with Crippen molar-refractivity contribution < 1.29 is 23.4 Å². The lowest BCUT2D eigenvalue weighted by molar-refractivity contribution is 0.0694. The Balaban J connectivity index is 2.33. The van der Waals surface area contributed by atoms with Gasteiger partial charge in [-0.1, -0.05) is 0 Å². The van der Waals surface area contributed by atoms with E-state index in [-0.39, 0.29) is 16.3 Å². The third-order valence-corrected chi connectivity index (χ3v) is 3.99. The molecule has 0 amide bonds. The van der Waals surface area contributed by atoms with E-state index in [0.717, 1.165) is 12.1 Å². The van der Waals surface area contributed by atoms with Crippen molar-refractivity contribution in [1.29, 1.82) is 0 Å². The predicted octanol–water partition coefficient (Wildman–Crippen LogP) is 0.625. The highest BCUT2D eigenvalue weighted by molar-refractivity contribution is 7.92. The SMILES string of the molecule is Cn1nccc1S(=O)(=O)Nc1ccc(C(=O)O)c(O)c1. The van der Waals surface area contributed by atoms with Crippen LogP contribution in [0, 0.1) is 0 Å². The lowest BCUT2D eigenvalue weighted by Gasteiger charge is -2.09. The number of aromatic carboxylic acids is 1. The second-order valence-electron chi connectivity index (χ2n) is 3.94. The van der Waals surface area contributed by atoms with Crippen LogP contribution in [-0.4, -0.2) is 34.4 Å². The van der Waals surface area contributed by atoms with Crippen molar-refractivity contribution in [2.75, 3.05) is 4.72 Å². The maximum absolute atomic E-state index is 12.0. The van der Waals surface area contributed by atoms with Crippen LogP contribution < -0.4 is 4.72 Å². The maximum Gasteiger partial charge on any atom is 0.339 e. The number of anilines is 1. The summed E-state index contributed by atoms with van der Waals surface area (Å²) in [4.78, 5) is 10.7. The van der Waals surface area contributed by atoms with Crippen molar-refractivity contribution in [2.24, 2.45) is 7.05 Å². The third-order valence-electron chi connectivity index (χ3n) is 2.53. The zero-order chi connectivity index (χ0) is 14.9. The molecule has 0 unspecified atom stereocenters. The first-order valence-electron chi connectivity index (χ1n) is 5.38. The van der Waals surface area contributed by atoms with E-state index < -0.39 is 21.7 Å². The van der Waals surface area contributed by atoms with Crippen molar-refractivity contribution in [3.05, 3.63) is 36.0 Å². The Morgan fingerprint density at radius 3 is 2.55 bits per heavy atom. The summed E-state index contributed by atoms with van der Waals surface area (Å²) < 4.78 is 27.5. The largest absolute Gasteiger partial charge is 0.507 e. The van der Waals surface area contributed by atoms with E-state index in [4.69, 9.17) is 5.11 Å². The average molecular weight is 297 g/mol. The van der Waals surface area contributed by atoms with Crippen molar-refractivity contribution >= 4 is 21.7 Å². The molecule has 0 saturated heterocycles. The van der Waals surface area contributed by atoms with Gasteiger partial charge in [-0.25, -0.2) is 4.79 Å². The lowest BCUT2D eigenvalue weighted by atomic mass is 10.2. The molecule has 2 rings (SSSR count). The highest BCUT2D eigenvalue weighted by atomic mass is 32.2. The number of aromatic hydroxyl groups is 1. The van der Waals surface area contributed by atoms with Gasteiger partial charge in [0.05, 0.1) is 11.9 Å². The van der Waals surface area contributed by atoms with Crippen LogP contribution in [0.2, 0.25) is 0 Å². The fourth-order valence-electron chi connectivity index (χ4n) is 1.61. The van der Waals surface area contributed by atoms with Gasteiger partial charge in [0.25, 0.3) is 10.0 Å². The minimum Gasteiger partial charge on any atom is -0.507 e. The van der Waals surface area contributed by atoms with Gasteiger partial charge >= 0.3 is 5.97 Å². The highest BCUT2D eigenvalue weighted by Crippen LogP contribution is 2.23. The fraction of sp³-hybridized carbons (Fsp3) is 0.0909. The quantitative estimate of drug-likeness (QED) is 0.760. The van der Waals surface area contributed by atoms with E-state index in [2.05, 4.69) is 9.82 Å². The summed E-state index contributed by atoms with van der Waals surface area (Å²) in [5.41, 5.74) is -0.262. The normalized spacial score (nSPS) is 11.2. The number of hydrogen-bond acceptors (Lipinski definition) is 5. The molecule has 0 atom stereocenters. The van der Waals surface area contributed by atoms with Gasteiger partial charge in [-0.3, -0.25) is 9.40 Å². The van der Waals surface area contributed by atoms with Gasteiger partial charge in [-0.05, 0) is 18.2 Å². The monoisotopic (exact) mass is 297 g/mol. The molecular formula is C11H11N3O5S. The van der Waals surface area contributed by atoms with Crippen LogP contribution in [0.4, 0.5) is 5.69 Å². The van der Waals surface area contributed by atoms with Gasteiger partial charge in [0, 0.05) is 13.1 Å². The number of benzene rings is 1. The van der Waals surface area contributed by atoms with E-state index in [0.29, 0.717) is 0 Å². The maximum atomic E-state index is 12.0. The fourth-order valence-corrected chi connectivity index (χ4v) is 2.79. The molecule has 106 valence electrons. The minimum absolute atomic E-state index is 0.0497. The number of nitrogens with one attached hydrogen (secondary N) is 1. The molecule has 0 spiro atoms. The number of nitrogens with zero attached hydrogens (tertiary/aromatic N) is 2. The number of carboxylic acids is 1. The van der Waals surface area contributed by atoms with E-state index in [1.54, 1.807) is 0 Å². The Labute approximate surface area is 114 Å². The molecule has 20 heavy (non-hydrogen) atoms. The van der Waals surface area contributed by atoms with E-state index in [1.165, 1.54) is 30.1 Å². The Bertz CT molecular complexity index is 766. The molecule has 0 radical (unpaired) electrons. The summed E-state index contributed by atoms with van der Waals surface area (Å²) in [7, 11) is -2.39. The van der Waals surface area contributed by atoms with Gasteiger partial charge in [0.2, 0.25) is 0 Å². The minimum atomic E-state index is -3.86. The van der Waals surface area contributed by atoms with Crippen molar-refractivity contribution in [3.8, 4) is 5.75 Å². The lowest BCUT2D eigenvalue weighted by Crippen LogP contribution is -2.16. The number of carboxylic acid groups (broad SMARTS) is 1. The number of sulfonamides is 1. The Morgan fingerprint density at radius 2 is 2.05 bits per heavy atom. The van der Waals surface area contributed by atoms with Crippen LogP contribution >= 0.6 is 0 Å².